The fraction of sp³-hybridized carbons (Fsp3) is 0.423. The van der Waals surface area contributed by atoms with E-state index in [4.69, 9.17) is 4.74 Å². The van der Waals surface area contributed by atoms with Gasteiger partial charge in [-0.3, -0.25) is 14.6 Å². The molecule has 8 nitrogen and oxygen atoms in total. The second kappa shape index (κ2) is 11.8. The number of benzene rings is 2. The van der Waals surface area contributed by atoms with Gasteiger partial charge in [0.2, 0.25) is 11.8 Å². The molecule has 36 heavy (non-hydrogen) atoms. The highest BCUT2D eigenvalue weighted by Gasteiger charge is 2.30. The maximum atomic E-state index is 12.9. The molecule has 1 atom stereocenters. The molecule has 0 unspecified atom stereocenters. The molecule has 192 valence electrons. The third-order valence-electron chi connectivity index (χ3n) is 6.13. The molecule has 4 rings (SSSR count). The minimum absolute atomic E-state index is 0.00278. The standard InChI is InChI=1S/C26H30F2N4O4/c1-17(33)30-19-9-11-20(12-10-19)31-25(34)22-7-4-14-32(22)29-16-18-8-13-23(36-26(27)28)24(15-18)35-21-5-2-3-6-21/h8-13,15-16,21-22,26H,2-7,14H2,1H3,(H,30,33)(H,31,34)/b29-16+/t22-/m0/s1. The Kier molecular flexibility index (Phi) is 8.35. The number of nitrogens with one attached hydrogen (secondary N) is 2. The van der Waals surface area contributed by atoms with E-state index in [9.17, 15) is 18.4 Å². The van der Waals surface area contributed by atoms with Crippen LogP contribution in [0.4, 0.5) is 20.2 Å². The van der Waals surface area contributed by atoms with Gasteiger partial charge < -0.3 is 20.1 Å². The van der Waals surface area contributed by atoms with Crippen LogP contribution in [-0.4, -0.2) is 48.3 Å². The number of halogens is 2. The van der Waals surface area contributed by atoms with Gasteiger partial charge in [-0.25, -0.2) is 0 Å². The molecule has 2 aliphatic rings. The number of amides is 2. The van der Waals surface area contributed by atoms with E-state index in [2.05, 4.69) is 20.5 Å². The van der Waals surface area contributed by atoms with Gasteiger partial charge in [0.15, 0.2) is 11.5 Å². The summed E-state index contributed by atoms with van der Waals surface area (Å²) in [7, 11) is 0. The van der Waals surface area contributed by atoms with Gasteiger partial charge in [-0.1, -0.05) is 0 Å². The van der Waals surface area contributed by atoms with Crippen LogP contribution in [-0.2, 0) is 9.59 Å². The number of carbonyl (C=O) groups excluding carboxylic acids is 2. The first-order chi connectivity index (χ1) is 17.4. The number of rotatable bonds is 9. The van der Waals surface area contributed by atoms with Crippen molar-refractivity contribution >= 4 is 29.4 Å². The summed E-state index contributed by atoms with van der Waals surface area (Å²) < 4.78 is 36.3. The highest BCUT2D eigenvalue weighted by molar-refractivity contribution is 5.95. The molecular formula is C26H30F2N4O4. The number of anilines is 2. The Balaban J connectivity index is 1.41. The van der Waals surface area contributed by atoms with Gasteiger partial charge in [-0.15, -0.1) is 0 Å². The third kappa shape index (κ3) is 6.93. The van der Waals surface area contributed by atoms with Crippen molar-refractivity contribution in [2.24, 2.45) is 5.10 Å². The van der Waals surface area contributed by atoms with Gasteiger partial charge in [0.1, 0.15) is 6.04 Å². The fourth-order valence-electron chi connectivity index (χ4n) is 4.44. The quantitative estimate of drug-likeness (QED) is 0.473. The van der Waals surface area contributed by atoms with Gasteiger partial charge in [0, 0.05) is 24.8 Å². The van der Waals surface area contributed by atoms with Crippen molar-refractivity contribution in [1.29, 1.82) is 0 Å². The molecule has 1 aliphatic heterocycles. The zero-order chi connectivity index (χ0) is 25.5. The number of hydrazone groups is 1. The van der Waals surface area contributed by atoms with E-state index in [1.807, 2.05) is 0 Å². The van der Waals surface area contributed by atoms with Crippen molar-refractivity contribution in [3.05, 3.63) is 48.0 Å². The van der Waals surface area contributed by atoms with Crippen LogP contribution in [0.15, 0.2) is 47.6 Å². The van der Waals surface area contributed by atoms with Crippen molar-refractivity contribution in [2.75, 3.05) is 17.2 Å². The lowest BCUT2D eigenvalue weighted by atomic mass is 10.2. The van der Waals surface area contributed by atoms with E-state index in [-0.39, 0.29) is 29.4 Å². The minimum atomic E-state index is -2.94. The molecule has 1 saturated carbocycles. The maximum absolute atomic E-state index is 12.9. The predicted octanol–water partition coefficient (Wildman–Crippen LogP) is 5.00. The summed E-state index contributed by atoms with van der Waals surface area (Å²) in [6, 6.07) is 11.2. The summed E-state index contributed by atoms with van der Waals surface area (Å²) in [5.41, 5.74) is 1.92. The van der Waals surface area contributed by atoms with Gasteiger partial charge in [-0.05, 0) is 86.6 Å². The molecule has 2 fully saturated rings. The first-order valence-corrected chi connectivity index (χ1v) is 12.1. The Morgan fingerprint density at radius 1 is 1.00 bits per heavy atom. The Morgan fingerprint density at radius 3 is 2.36 bits per heavy atom. The highest BCUT2D eigenvalue weighted by atomic mass is 19.3. The number of carbonyl (C=O) groups is 2. The molecule has 1 heterocycles. The first kappa shape index (κ1) is 25.4. The smallest absolute Gasteiger partial charge is 0.387 e. The summed E-state index contributed by atoms with van der Waals surface area (Å²) in [6.45, 7) is -0.894. The molecule has 2 aromatic carbocycles. The SMILES string of the molecule is CC(=O)Nc1ccc(NC(=O)[C@@H]2CCCN2/N=C/c2ccc(OC(F)F)c(OC3CCCC3)c2)cc1. The van der Waals surface area contributed by atoms with E-state index < -0.39 is 12.7 Å². The zero-order valence-electron chi connectivity index (χ0n) is 20.1. The molecule has 0 aromatic heterocycles. The average molecular weight is 501 g/mol. The maximum Gasteiger partial charge on any atom is 0.387 e. The van der Waals surface area contributed by atoms with Crippen LogP contribution in [0.1, 0.15) is 51.0 Å². The van der Waals surface area contributed by atoms with Crippen LogP contribution < -0.4 is 20.1 Å². The largest absolute Gasteiger partial charge is 0.487 e. The van der Waals surface area contributed by atoms with Gasteiger partial charge in [0.05, 0.1) is 12.3 Å². The molecule has 1 aliphatic carbocycles. The Morgan fingerprint density at radius 2 is 1.69 bits per heavy atom. The summed E-state index contributed by atoms with van der Waals surface area (Å²) in [6.07, 6.45) is 6.92. The Labute approximate surface area is 208 Å². The number of ether oxygens (including phenoxy) is 2. The summed E-state index contributed by atoms with van der Waals surface area (Å²) >= 11 is 0. The lowest BCUT2D eigenvalue weighted by Crippen LogP contribution is -2.36. The van der Waals surface area contributed by atoms with Crippen LogP contribution in [0, 0.1) is 0 Å². The van der Waals surface area contributed by atoms with Crippen LogP contribution in [0.2, 0.25) is 0 Å². The van der Waals surface area contributed by atoms with E-state index >= 15 is 0 Å². The molecule has 2 amide bonds. The van der Waals surface area contributed by atoms with Crippen molar-refractivity contribution in [3.63, 3.8) is 0 Å². The molecule has 2 N–H and O–H groups in total. The summed E-state index contributed by atoms with van der Waals surface area (Å²) in [5, 5.41) is 11.8. The molecule has 1 saturated heterocycles. The van der Waals surface area contributed by atoms with E-state index in [1.165, 1.54) is 13.0 Å². The van der Waals surface area contributed by atoms with Crippen molar-refractivity contribution in [3.8, 4) is 11.5 Å². The number of hydrogen-bond donors (Lipinski definition) is 2. The monoisotopic (exact) mass is 500 g/mol. The van der Waals surface area contributed by atoms with E-state index in [0.717, 1.165) is 32.1 Å². The highest BCUT2D eigenvalue weighted by Crippen LogP contribution is 2.33. The summed E-state index contributed by atoms with van der Waals surface area (Å²) in [4.78, 5) is 24.1. The van der Waals surface area contributed by atoms with Crippen LogP contribution in [0.25, 0.3) is 0 Å². The van der Waals surface area contributed by atoms with Gasteiger partial charge in [0.25, 0.3) is 0 Å². The molecule has 0 bridgehead atoms. The number of nitrogens with zero attached hydrogens (tertiary/aromatic N) is 2. The fourth-order valence-corrected chi connectivity index (χ4v) is 4.44. The number of alkyl halides is 2. The molecule has 0 spiro atoms. The first-order valence-electron chi connectivity index (χ1n) is 12.1. The molecule has 10 heteroatoms. The predicted molar refractivity (Wildman–Crippen MR) is 133 cm³/mol. The topological polar surface area (TPSA) is 92.3 Å². The van der Waals surface area contributed by atoms with Crippen LogP contribution in [0.3, 0.4) is 0 Å². The van der Waals surface area contributed by atoms with Crippen LogP contribution in [0.5, 0.6) is 11.5 Å². The molecular weight excluding hydrogens is 470 g/mol. The minimum Gasteiger partial charge on any atom is -0.487 e. The Bertz CT molecular complexity index is 1090. The third-order valence-corrected chi connectivity index (χ3v) is 6.13. The molecule has 2 aromatic rings. The second-order valence-corrected chi connectivity index (χ2v) is 8.92. The van der Waals surface area contributed by atoms with E-state index in [0.29, 0.717) is 29.9 Å². The van der Waals surface area contributed by atoms with Crippen molar-refractivity contribution < 1.29 is 27.8 Å². The Hall–Kier alpha value is -3.69. The van der Waals surface area contributed by atoms with Crippen molar-refractivity contribution in [2.45, 2.75) is 64.2 Å². The lowest BCUT2D eigenvalue weighted by Gasteiger charge is -2.21. The molecule has 0 radical (unpaired) electrons. The van der Waals surface area contributed by atoms with Gasteiger partial charge in [-0.2, -0.15) is 13.9 Å². The average Bonchev–Trinajstić information content (AvgIpc) is 3.52. The van der Waals surface area contributed by atoms with Gasteiger partial charge >= 0.3 is 6.61 Å². The lowest BCUT2D eigenvalue weighted by molar-refractivity contribution is -0.120. The summed E-state index contributed by atoms with van der Waals surface area (Å²) in [5.74, 6) is -0.0795. The van der Waals surface area contributed by atoms with E-state index in [1.54, 1.807) is 47.6 Å². The zero-order valence-corrected chi connectivity index (χ0v) is 20.1. The number of hydrogen-bond acceptors (Lipinski definition) is 6. The van der Waals surface area contributed by atoms with Crippen LogP contribution >= 0.6 is 0 Å². The van der Waals surface area contributed by atoms with Crippen molar-refractivity contribution in [1.82, 2.24) is 5.01 Å². The normalized spacial score (nSPS) is 18.1. The second-order valence-electron chi connectivity index (χ2n) is 8.92.